The van der Waals surface area contributed by atoms with Gasteiger partial charge in [0.25, 0.3) is 0 Å². The normalized spacial score (nSPS) is 13.1. The first kappa shape index (κ1) is 32.7. The van der Waals surface area contributed by atoms with Gasteiger partial charge >= 0.3 is 0 Å². The second-order valence-corrected chi connectivity index (χ2v) is 15.4. The lowest BCUT2D eigenvalue weighted by Gasteiger charge is -2.39. The van der Waals surface area contributed by atoms with Crippen LogP contribution in [0.2, 0.25) is 0 Å². The number of pyridine rings is 1. The minimum absolute atomic E-state index is 0.457. The first-order valence-electron chi connectivity index (χ1n) is 19.9. The number of hydrogen-bond donors (Lipinski definition) is 0. The van der Waals surface area contributed by atoms with Crippen LogP contribution in [0.1, 0.15) is 22.3 Å². The quantitative estimate of drug-likeness (QED) is 0.168. The van der Waals surface area contributed by atoms with Crippen molar-refractivity contribution in [3.8, 4) is 67.3 Å². The third-order valence-electron chi connectivity index (χ3n) is 12.4. The molecule has 1 spiro atoms. The number of benzene rings is 9. The summed E-state index contributed by atoms with van der Waals surface area (Å²) in [4.78, 5) is 5.13. The van der Waals surface area contributed by atoms with Crippen molar-refractivity contribution in [3.05, 3.63) is 235 Å². The van der Waals surface area contributed by atoms with E-state index >= 15 is 0 Å². The van der Waals surface area contributed by atoms with Crippen molar-refractivity contribution >= 4 is 21.5 Å². The Morgan fingerprint density at radius 3 is 1.43 bits per heavy atom. The molecule has 0 amide bonds. The van der Waals surface area contributed by atoms with Gasteiger partial charge in [-0.15, -0.1) is 0 Å². The molecule has 58 heavy (non-hydrogen) atoms. The van der Waals surface area contributed by atoms with Crippen LogP contribution in [-0.2, 0) is 5.41 Å². The minimum atomic E-state index is -0.457. The molecule has 2 aliphatic rings. The Labute approximate surface area is 337 Å². The summed E-state index contributed by atoms with van der Waals surface area (Å²) in [7, 11) is 0. The number of fused-ring (bicyclic) bond motifs is 11. The van der Waals surface area contributed by atoms with Crippen molar-refractivity contribution < 1.29 is 4.74 Å². The highest BCUT2D eigenvalue weighted by atomic mass is 16.5. The van der Waals surface area contributed by atoms with Gasteiger partial charge in [0.2, 0.25) is 0 Å². The van der Waals surface area contributed by atoms with Crippen molar-refractivity contribution in [2.24, 2.45) is 0 Å². The molecule has 12 rings (SSSR count). The smallest absolute Gasteiger partial charge is 0.132 e. The molecule has 2 nitrogen and oxygen atoms in total. The van der Waals surface area contributed by atoms with Crippen LogP contribution in [0, 0.1) is 0 Å². The van der Waals surface area contributed by atoms with Crippen LogP contribution in [0.3, 0.4) is 0 Å². The molecule has 2 heteroatoms. The molecule has 1 aromatic heterocycles. The van der Waals surface area contributed by atoms with Crippen LogP contribution in [0.15, 0.2) is 212 Å². The van der Waals surface area contributed by atoms with Crippen LogP contribution in [0.4, 0.5) is 0 Å². The first-order chi connectivity index (χ1) is 28.8. The number of para-hydroxylation sites is 2. The van der Waals surface area contributed by atoms with E-state index in [4.69, 9.17) is 9.72 Å². The minimum Gasteiger partial charge on any atom is -0.457 e. The van der Waals surface area contributed by atoms with Gasteiger partial charge in [0, 0.05) is 28.5 Å². The number of hydrogen-bond acceptors (Lipinski definition) is 2. The number of rotatable bonds is 4. The van der Waals surface area contributed by atoms with Gasteiger partial charge in [-0.1, -0.05) is 182 Å². The fourth-order valence-electron chi connectivity index (χ4n) is 9.93. The number of ether oxygens (including phenoxy) is 1. The molecule has 1 aliphatic carbocycles. The molecule has 0 bridgehead atoms. The Hall–Kier alpha value is -7.55. The van der Waals surface area contributed by atoms with Crippen molar-refractivity contribution in [1.82, 2.24) is 4.98 Å². The molecule has 0 saturated heterocycles. The number of aromatic nitrogens is 1. The molecule has 270 valence electrons. The maximum absolute atomic E-state index is 6.51. The Morgan fingerprint density at radius 1 is 0.328 bits per heavy atom. The highest BCUT2D eigenvalue weighted by molar-refractivity contribution is 6.21. The summed E-state index contributed by atoms with van der Waals surface area (Å²) in [6, 6.07) is 74.5. The largest absolute Gasteiger partial charge is 0.457 e. The zero-order valence-corrected chi connectivity index (χ0v) is 31.6. The van der Waals surface area contributed by atoms with E-state index in [9.17, 15) is 0 Å². The molecule has 0 unspecified atom stereocenters. The van der Waals surface area contributed by atoms with E-state index in [2.05, 4.69) is 206 Å². The summed E-state index contributed by atoms with van der Waals surface area (Å²) in [6.45, 7) is 0. The van der Waals surface area contributed by atoms with E-state index in [1.807, 2.05) is 6.20 Å². The van der Waals surface area contributed by atoms with Gasteiger partial charge in [-0.05, 0) is 95.9 Å². The predicted molar refractivity (Wildman–Crippen MR) is 238 cm³/mol. The van der Waals surface area contributed by atoms with Gasteiger partial charge in [-0.3, -0.25) is 4.98 Å². The fourth-order valence-corrected chi connectivity index (χ4v) is 9.93. The maximum Gasteiger partial charge on any atom is 0.132 e. The molecule has 10 aromatic rings. The average molecular weight is 738 g/mol. The second kappa shape index (κ2) is 12.7. The zero-order chi connectivity index (χ0) is 38.2. The van der Waals surface area contributed by atoms with Crippen molar-refractivity contribution in [1.29, 1.82) is 0 Å². The van der Waals surface area contributed by atoms with Gasteiger partial charge in [-0.2, -0.15) is 0 Å². The zero-order valence-electron chi connectivity index (χ0n) is 31.6. The summed E-state index contributed by atoms with van der Waals surface area (Å²) < 4.78 is 6.51. The monoisotopic (exact) mass is 737 g/mol. The number of nitrogens with zero attached hydrogens (tertiary/aromatic N) is 1. The van der Waals surface area contributed by atoms with E-state index < -0.39 is 5.41 Å². The van der Waals surface area contributed by atoms with E-state index in [1.165, 1.54) is 82.7 Å². The fraction of sp³-hybridized carbons (Fsp3) is 0.0179. The molecule has 2 heterocycles. The summed E-state index contributed by atoms with van der Waals surface area (Å²) in [5.41, 5.74) is 16.2. The molecule has 0 saturated carbocycles. The predicted octanol–water partition coefficient (Wildman–Crippen LogP) is 14.5. The van der Waals surface area contributed by atoms with Gasteiger partial charge < -0.3 is 4.74 Å². The molecule has 0 N–H and O–H groups in total. The Kier molecular flexibility index (Phi) is 7.18. The molecular formula is C56H35NO. The van der Waals surface area contributed by atoms with E-state index in [0.29, 0.717) is 0 Å². The van der Waals surface area contributed by atoms with Crippen molar-refractivity contribution in [2.45, 2.75) is 5.41 Å². The second-order valence-electron chi connectivity index (χ2n) is 15.4. The Balaban J connectivity index is 0.920. The molecular weight excluding hydrogens is 703 g/mol. The Bertz CT molecular complexity index is 3130. The third-order valence-corrected chi connectivity index (χ3v) is 12.4. The maximum atomic E-state index is 6.51. The lowest BCUT2D eigenvalue weighted by Crippen LogP contribution is -2.32. The van der Waals surface area contributed by atoms with E-state index in [0.717, 1.165) is 28.3 Å². The Morgan fingerprint density at radius 2 is 0.810 bits per heavy atom. The van der Waals surface area contributed by atoms with E-state index in [1.54, 1.807) is 0 Å². The van der Waals surface area contributed by atoms with Crippen LogP contribution in [-0.4, -0.2) is 4.98 Å². The molecule has 0 radical (unpaired) electrons. The summed E-state index contributed by atoms with van der Waals surface area (Å²) in [5, 5.41) is 4.88. The van der Waals surface area contributed by atoms with Gasteiger partial charge in [-0.25, -0.2) is 0 Å². The lowest BCUT2D eigenvalue weighted by atomic mass is 9.66. The summed E-state index contributed by atoms with van der Waals surface area (Å²) >= 11 is 0. The van der Waals surface area contributed by atoms with Gasteiger partial charge in [0.1, 0.15) is 11.5 Å². The van der Waals surface area contributed by atoms with Crippen LogP contribution >= 0.6 is 0 Å². The van der Waals surface area contributed by atoms with E-state index in [-0.39, 0.29) is 0 Å². The van der Waals surface area contributed by atoms with Crippen molar-refractivity contribution in [3.63, 3.8) is 0 Å². The molecule has 0 atom stereocenters. The third kappa shape index (κ3) is 4.69. The van der Waals surface area contributed by atoms with Crippen molar-refractivity contribution in [2.75, 3.05) is 0 Å². The molecule has 0 fully saturated rings. The lowest BCUT2D eigenvalue weighted by molar-refractivity contribution is 0.436. The summed E-state index contributed by atoms with van der Waals surface area (Å²) in [6.07, 6.45) is 2.02. The molecule has 9 aromatic carbocycles. The summed E-state index contributed by atoms with van der Waals surface area (Å²) in [5.74, 6) is 1.82. The standard InChI is InChI=1S/C56H35NO/c1-2-14-38(15-3-1)54-42-17-4-6-19-44(42)55(45-20-7-5-18-43(45)54)51-33-31-40(35-57-51)37-28-26-36(27-29-37)39-30-32-48-46(34-39)41-16-8-9-21-47(41)56(48)49-22-10-12-24-52(49)58-53-25-13-11-23-50(53)56/h1-35H. The van der Waals surface area contributed by atoms with Crippen LogP contribution in [0.5, 0.6) is 11.5 Å². The van der Waals surface area contributed by atoms with Crippen LogP contribution in [0.25, 0.3) is 77.3 Å². The first-order valence-corrected chi connectivity index (χ1v) is 19.9. The topological polar surface area (TPSA) is 22.1 Å². The SMILES string of the molecule is c1ccc(-c2c3ccccc3c(-c3ccc(-c4ccc(-c5ccc6c(c5)-c5ccccc5C65c6ccccc6Oc6ccccc65)cc4)cn3)c3ccccc23)cc1. The van der Waals surface area contributed by atoms with Gasteiger partial charge in [0.05, 0.1) is 11.1 Å². The highest BCUT2D eigenvalue weighted by Gasteiger charge is 2.50. The van der Waals surface area contributed by atoms with Crippen LogP contribution < -0.4 is 4.74 Å². The van der Waals surface area contributed by atoms with Gasteiger partial charge in [0.15, 0.2) is 0 Å². The molecule has 1 aliphatic heterocycles. The average Bonchev–Trinajstić information content (AvgIpc) is 3.58. The highest BCUT2D eigenvalue weighted by Crippen LogP contribution is 2.62.